The molecule has 6 nitrogen and oxygen atoms in total. The summed E-state index contributed by atoms with van der Waals surface area (Å²) in [5.74, 6) is -0.679. The number of benzene rings is 2. The largest absolute Gasteiger partial charge is 0.494 e. The van der Waals surface area contributed by atoms with Gasteiger partial charge in [-0.3, -0.25) is 9.59 Å². The number of carboxylic acids is 1. The lowest BCUT2D eigenvalue weighted by Crippen LogP contribution is -2.14. The molecule has 0 aliphatic heterocycles. The number of anilines is 1. The number of hydrogen-bond acceptors (Lipinski definition) is 4. The third kappa shape index (κ3) is 5.67. The van der Waals surface area contributed by atoms with Crippen molar-refractivity contribution >= 4 is 23.3 Å². The zero-order valence-electron chi connectivity index (χ0n) is 15.7. The molecule has 142 valence electrons. The molecule has 6 heteroatoms. The van der Waals surface area contributed by atoms with E-state index in [0.29, 0.717) is 35.6 Å². The van der Waals surface area contributed by atoms with E-state index in [4.69, 9.17) is 4.74 Å². The summed E-state index contributed by atoms with van der Waals surface area (Å²) >= 11 is 0. The van der Waals surface area contributed by atoms with Crippen molar-refractivity contribution in [2.75, 3.05) is 11.9 Å². The molecule has 0 unspecified atom stereocenters. The maximum Gasteiger partial charge on any atom is 0.336 e. The van der Waals surface area contributed by atoms with Gasteiger partial charge in [-0.05, 0) is 56.5 Å². The zero-order valence-corrected chi connectivity index (χ0v) is 15.7. The Morgan fingerprint density at radius 3 is 2.48 bits per heavy atom. The van der Waals surface area contributed by atoms with Crippen LogP contribution in [0.25, 0.3) is 0 Å². The standard InChI is InChI=1S/C21H23NO5/c1-13-10-14(2)19(12-18(13)21(25)26)22-20(24)8-5-9-27-17-7-4-6-16(11-17)15(3)23/h4,6-7,10-12H,5,8-9H2,1-3H3,(H,22,24)(H,25,26). The summed E-state index contributed by atoms with van der Waals surface area (Å²) in [7, 11) is 0. The Bertz CT molecular complexity index is 873. The zero-order chi connectivity index (χ0) is 20.0. The molecule has 1 amide bonds. The van der Waals surface area contributed by atoms with E-state index in [1.807, 2.05) is 6.92 Å². The Hall–Kier alpha value is -3.15. The first-order valence-electron chi connectivity index (χ1n) is 8.66. The Labute approximate surface area is 158 Å². The van der Waals surface area contributed by atoms with Gasteiger partial charge in [-0.25, -0.2) is 4.79 Å². The molecule has 0 fully saturated rings. The van der Waals surface area contributed by atoms with Crippen molar-refractivity contribution in [3.05, 3.63) is 58.7 Å². The number of aromatic carboxylic acids is 1. The number of carboxylic acid groups (broad SMARTS) is 1. The fourth-order valence-electron chi connectivity index (χ4n) is 2.66. The molecule has 0 spiro atoms. The average molecular weight is 369 g/mol. The third-order valence-corrected chi connectivity index (χ3v) is 4.13. The van der Waals surface area contributed by atoms with Crippen LogP contribution in [0.1, 0.15) is 51.6 Å². The van der Waals surface area contributed by atoms with E-state index < -0.39 is 5.97 Å². The lowest BCUT2D eigenvalue weighted by molar-refractivity contribution is -0.116. The molecule has 27 heavy (non-hydrogen) atoms. The number of nitrogens with one attached hydrogen (secondary N) is 1. The first-order chi connectivity index (χ1) is 12.8. The van der Waals surface area contributed by atoms with Crippen LogP contribution in [0.2, 0.25) is 0 Å². The SMILES string of the molecule is CC(=O)c1cccc(OCCCC(=O)Nc2cc(C(=O)O)c(C)cc2C)c1. The van der Waals surface area contributed by atoms with Crippen LogP contribution in [0.4, 0.5) is 5.69 Å². The minimum absolute atomic E-state index is 0.0333. The normalized spacial score (nSPS) is 10.3. The van der Waals surface area contributed by atoms with Gasteiger partial charge in [0.25, 0.3) is 0 Å². The summed E-state index contributed by atoms with van der Waals surface area (Å²) in [4.78, 5) is 34.7. The molecule has 2 rings (SSSR count). The minimum Gasteiger partial charge on any atom is -0.494 e. The van der Waals surface area contributed by atoms with Crippen LogP contribution in [0.3, 0.4) is 0 Å². The highest BCUT2D eigenvalue weighted by molar-refractivity contribution is 5.95. The van der Waals surface area contributed by atoms with Crippen molar-refractivity contribution in [2.24, 2.45) is 0 Å². The van der Waals surface area contributed by atoms with Gasteiger partial charge in [-0.2, -0.15) is 0 Å². The van der Waals surface area contributed by atoms with Crippen LogP contribution in [-0.4, -0.2) is 29.4 Å². The van der Waals surface area contributed by atoms with Crippen molar-refractivity contribution in [1.82, 2.24) is 0 Å². The molecular weight excluding hydrogens is 346 g/mol. The summed E-state index contributed by atoms with van der Waals surface area (Å²) in [5, 5.41) is 12.0. The van der Waals surface area contributed by atoms with Gasteiger partial charge in [0.2, 0.25) is 5.91 Å². The minimum atomic E-state index is -1.02. The van der Waals surface area contributed by atoms with E-state index >= 15 is 0 Å². The lowest BCUT2D eigenvalue weighted by atomic mass is 10.0. The number of aryl methyl sites for hydroxylation is 2. The summed E-state index contributed by atoms with van der Waals surface area (Å²) in [6.07, 6.45) is 0.731. The number of carbonyl (C=O) groups excluding carboxylic acids is 2. The quantitative estimate of drug-likeness (QED) is 0.542. The Morgan fingerprint density at radius 2 is 1.81 bits per heavy atom. The van der Waals surface area contributed by atoms with Crippen LogP contribution < -0.4 is 10.1 Å². The van der Waals surface area contributed by atoms with E-state index in [2.05, 4.69) is 5.32 Å². The fourth-order valence-corrected chi connectivity index (χ4v) is 2.66. The second-order valence-electron chi connectivity index (χ2n) is 6.37. The molecule has 0 aliphatic carbocycles. The van der Waals surface area contributed by atoms with E-state index in [0.717, 1.165) is 5.56 Å². The average Bonchev–Trinajstić information content (AvgIpc) is 2.61. The summed E-state index contributed by atoms with van der Waals surface area (Å²) in [6.45, 7) is 5.37. The lowest BCUT2D eigenvalue weighted by Gasteiger charge is -2.12. The topological polar surface area (TPSA) is 92.7 Å². The predicted octanol–water partition coefficient (Wildman–Crippen LogP) is 4.00. The highest BCUT2D eigenvalue weighted by Crippen LogP contribution is 2.21. The summed E-state index contributed by atoms with van der Waals surface area (Å²) < 4.78 is 5.58. The van der Waals surface area contributed by atoms with Gasteiger partial charge in [0.05, 0.1) is 12.2 Å². The molecule has 0 aromatic heterocycles. The van der Waals surface area contributed by atoms with Gasteiger partial charge in [0.1, 0.15) is 5.75 Å². The molecule has 0 aliphatic rings. The molecule has 0 heterocycles. The molecule has 2 N–H and O–H groups in total. The van der Waals surface area contributed by atoms with Crippen LogP contribution in [0.5, 0.6) is 5.75 Å². The molecule has 2 aromatic rings. The predicted molar refractivity (Wildman–Crippen MR) is 103 cm³/mol. The van der Waals surface area contributed by atoms with E-state index in [9.17, 15) is 19.5 Å². The second kappa shape index (κ2) is 8.98. The maximum absolute atomic E-state index is 12.1. The van der Waals surface area contributed by atoms with E-state index in [1.165, 1.54) is 13.0 Å². The molecule has 0 radical (unpaired) electrons. The van der Waals surface area contributed by atoms with Crippen LogP contribution in [0.15, 0.2) is 36.4 Å². The van der Waals surface area contributed by atoms with E-state index in [-0.39, 0.29) is 23.7 Å². The smallest absolute Gasteiger partial charge is 0.336 e. The van der Waals surface area contributed by atoms with Crippen molar-refractivity contribution < 1.29 is 24.2 Å². The number of ether oxygens (including phenoxy) is 1. The number of amides is 1. The number of ketones is 1. The van der Waals surface area contributed by atoms with Crippen molar-refractivity contribution in [3.63, 3.8) is 0 Å². The number of hydrogen-bond donors (Lipinski definition) is 2. The fraction of sp³-hybridized carbons (Fsp3) is 0.286. The van der Waals surface area contributed by atoms with Crippen LogP contribution >= 0.6 is 0 Å². The molecule has 0 saturated heterocycles. The maximum atomic E-state index is 12.1. The molecular formula is C21H23NO5. The Morgan fingerprint density at radius 1 is 1.07 bits per heavy atom. The first-order valence-corrected chi connectivity index (χ1v) is 8.66. The van der Waals surface area contributed by atoms with Crippen LogP contribution in [-0.2, 0) is 4.79 Å². The Balaban J connectivity index is 1.86. The van der Waals surface area contributed by atoms with Crippen molar-refractivity contribution in [1.29, 1.82) is 0 Å². The van der Waals surface area contributed by atoms with Gasteiger partial charge in [0.15, 0.2) is 5.78 Å². The van der Waals surface area contributed by atoms with Gasteiger partial charge in [-0.15, -0.1) is 0 Å². The van der Waals surface area contributed by atoms with Gasteiger partial charge < -0.3 is 15.2 Å². The highest BCUT2D eigenvalue weighted by atomic mass is 16.5. The first kappa shape index (κ1) is 20.2. The monoisotopic (exact) mass is 369 g/mol. The highest BCUT2D eigenvalue weighted by Gasteiger charge is 2.12. The second-order valence-corrected chi connectivity index (χ2v) is 6.37. The number of carbonyl (C=O) groups is 3. The van der Waals surface area contributed by atoms with Crippen molar-refractivity contribution in [2.45, 2.75) is 33.6 Å². The Kier molecular flexibility index (Phi) is 6.71. The summed E-state index contributed by atoms with van der Waals surface area (Å²) in [6, 6.07) is 10.1. The van der Waals surface area contributed by atoms with Gasteiger partial charge >= 0.3 is 5.97 Å². The molecule has 2 aromatic carbocycles. The molecule has 0 atom stereocenters. The van der Waals surface area contributed by atoms with Crippen molar-refractivity contribution in [3.8, 4) is 5.75 Å². The number of Topliss-reactive ketones (excluding diaryl/α,β-unsaturated/α-hetero) is 1. The van der Waals surface area contributed by atoms with Crippen LogP contribution in [0, 0.1) is 13.8 Å². The third-order valence-electron chi connectivity index (χ3n) is 4.13. The molecule has 0 bridgehead atoms. The van der Waals surface area contributed by atoms with Gasteiger partial charge in [0, 0.05) is 17.7 Å². The molecule has 0 saturated carbocycles. The van der Waals surface area contributed by atoms with E-state index in [1.54, 1.807) is 37.3 Å². The summed E-state index contributed by atoms with van der Waals surface area (Å²) in [5.41, 5.74) is 2.71. The van der Waals surface area contributed by atoms with Gasteiger partial charge in [-0.1, -0.05) is 18.2 Å². The number of rotatable bonds is 8.